The molecule has 2 atom stereocenters. The van der Waals surface area contributed by atoms with Crippen molar-refractivity contribution in [1.29, 1.82) is 0 Å². The van der Waals surface area contributed by atoms with Crippen molar-refractivity contribution in [2.45, 2.75) is 45.8 Å². The van der Waals surface area contributed by atoms with Gasteiger partial charge in [0.2, 0.25) is 0 Å². The van der Waals surface area contributed by atoms with Crippen molar-refractivity contribution < 1.29 is 24.1 Å². The predicted molar refractivity (Wildman–Crippen MR) is 74.5 cm³/mol. The van der Waals surface area contributed by atoms with Crippen LogP contribution >= 0.6 is 0 Å². The second-order valence-corrected chi connectivity index (χ2v) is 4.51. The first-order valence-electron chi connectivity index (χ1n) is 7.21. The minimum Gasteiger partial charge on any atom is -0.391 e. The Kier molecular flexibility index (Phi) is 14.1. The standard InChI is InChI=1S/C14H30O5/c1-4-5-6-16-7-8-17-9-10-18-11-12-19-14(3)13(2)15/h13-15H,4-12H2,1-3H3/t13-,14?/m0/s1. The molecule has 0 rings (SSSR count). The zero-order valence-corrected chi connectivity index (χ0v) is 12.6. The second-order valence-electron chi connectivity index (χ2n) is 4.51. The molecular formula is C14H30O5. The maximum Gasteiger partial charge on any atom is 0.0804 e. The van der Waals surface area contributed by atoms with Gasteiger partial charge in [-0.3, -0.25) is 0 Å². The van der Waals surface area contributed by atoms with Crippen molar-refractivity contribution in [1.82, 2.24) is 0 Å². The Hall–Kier alpha value is -0.200. The van der Waals surface area contributed by atoms with Gasteiger partial charge < -0.3 is 24.1 Å². The number of hydrogen-bond donors (Lipinski definition) is 1. The number of rotatable bonds is 14. The highest BCUT2D eigenvalue weighted by atomic mass is 16.6. The van der Waals surface area contributed by atoms with E-state index in [4.69, 9.17) is 18.9 Å². The predicted octanol–water partition coefficient (Wildman–Crippen LogP) is 1.62. The van der Waals surface area contributed by atoms with Crippen molar-refractivity contribution in [2.24, 2.45) is 0 Å². The quantitative estimate of drug-likeness (QED) is 0.489. The molecule has 0 aromatic carbocycles. The van der Waals surface area contributed by atoms with E-state index in [0.717, 1.165) is 19.4 Å². The Bertz CT molecular complexity index is 175. The highest BCUT2D eigenvalue weighted by molar-refractivity contribution is 4.56. The summed E-state index contributed by atoms with van der Waals surface area (Å²) >= 11 is 0. The largest absolute Gasteiger partial charge is 0.391 e. The third kappa shape index (κ3) is 14.0. The van der Waals surface area contributed by atoms with Crippen LogP contribution in [0, 0.1) is 0 Å². The summed E-state index contributed by atoms with van der Waals surface area (Å²) in [5.74, 6) is 0. The molecule has 0 aliphatic heterocycles. The first kappa shape index (κ1) is 18.8. The van der Waals surface area contributed by atoms with Crippen molar-refractivity contribution >= 4 is 0 Å². The molecule has 0 aromatic heterocycles. The first-order chi connectivity index (χ1) is 9.18. The molecule has 116 valence electrons. The van der Waals surface area contributed by atoms with Gasteiger partial charge in [0.1, 0.15) is 0 Å². The van der Waals surface area contributed by atoms with Crippen LogP contribution in [0.5, 0.6) is 0 Å². The molecule has 5 heteroatoms. The average Bonchev–Trinajstić information content (AvgIpc) is 2.39. The fourth-order valence-electron chi connectivity index (χ4n) is 1.22. The topological polar surface area (TPSA) is 57.2 Å². The molecule has 5 nitrogen and oxygen atoms in total. The zero-order valence-electron chi connectivity index (χ0n) is 12.6. The number of ether oxygens (including phenoxy) is 4. The van der Waals surface area contributed by atoms with Gasteiger partial charge in [-0.15, -0.1) is 0 Å². The highest BCUT2D eigenvalue weighted by Gasteiger charge is 2.07. The van der Waals surface area contributed by atoms with Crippen LogP contribution in [0.15, 0.2) is 0 Å². The van der Waals surface area contributed by atoms with Crippen LogP contribution in [0.3, 0.4) is 0 Å². The van der Waals surface area contributed by atoms with E-state index >= 15 is 0 Å². The van der Waals surface area contributed by atoms with Crippen molar-refractivity contribution in [3.8, 4) is 0 Å². The molecule has 19 heavy (non-hydrogen) atoms. The van der Waals surface area contributed by atoms with E-state index in [9.17, 15) is 5.11 Å². The minimum atomic E-state index is -0.448. The van der Waals surface area contributed by atoms with Crippen LogP contribution < -0.4 is 0 Å². The van der Waals surface area contributed by atoms with Crippen LogP contribution in [-0.2, 0) is 18.9 Å². The normalized spacial score (nSPS) is 14.5. The average molecular weight is 278 g/mol. The Morgan fingerprint density at radius 2 is 1.26 bits per heavy atom. The third-order valence-corrected chi connectivity index (χ3v) is 2.67. The van der Waals surface area contributed by atoms with Gasteiger partial charge in [0.15, 0.2) is 0 Å². The first-order valence-corrected chi connectivity index (χ1v) is 7.21. The second kappa shape index (κ2) is 14.2. The maximum atomic E-state index is 9.20. The Labute approximate surface area is 117 Å². The molecule has 0 spiro atoms. The summed E-state index contributed by atoms with van der Waals surface area (Å²) in [6, 6.07) is 0. The van der Waals surface area contributed by atoms with E-state index < -0.39 is 6.10 Å². The lowest BCUT2D eigenvalue weighted by molar-refractivity contribution is -0.0481. The van der Waals surface area contributed by atoms with Crippen LogP contribution in [0.4, 0.5) is 0 Å². The number of aliphatic hydroxyl groups is 1. The molecule has 0 amide bonds. The summed E-state index contributed by atoms with van der Waals surface area (Å²) in [5, 5.41) is 9.20. The monoisotopic (exact) mass is 278 g/mol. The fourth-order valence-corrected chi connectivity index (χ4v) is 1.22. The lowest BCUT2D eigenvalue weighted by atomic mass is 10.3. The fraction of sp³-hybridized carbons (Fsp3) is 1.00. The van der Waals surface area contributed by atoms with Crippen molar-refractivity contribution in [3.05, 3.63) is 0 Å². The van der Waals surface area contributed by atoms with Gasteiger partial charge in [-0.1, -0.05) is 13.3 Å². The van der Waals surface area contributed by atoms with Gasteiger partial charge in [-0.05, 0) is 20.3 Å². The lowest BCUT2D eigenvalue weighted by Gasteiger charge is -2.15. The van der Waals surface area contributed by atoms with E-state index in [-0.39, 0.29) is 6.10 Å². The SMILES string of the molecule is CCCCOCCOCCOCCOC(C)[C@H](C)O. The molecular weight excluding hydrogens is 248 g/mol. The maximum absolute atomic E-state index is 9.20. The molecule has 0 saturated carbocycles. The molecule has 1 unspecified atom stereocenters. The minimum absolute atomic E-state index is 0.153. The summed E-state index contributed by atoms with van der Waals surface area (Å²) in [5.41, 5.74) is 0. The summed E-state index contributed by atoms with van der Waals surface area (Å²) in [6.45, 7) is 9.91. The molecule has 0 heterocycles. The van der Waals surface area contributed by atoms with Crippen LogP contribution in [0.1, 0.15) is 33.6 Å². The van der Waals surface area contributed by atoms with E-state index in [1.807, 2.05) is 6.92 Å². The Morgan fingerprint density at radius 1 is 0.789 bits per heavy atom. The van der Waals surface area contributed by atoms with E-state index in [2.05, 4.69) is 6.92 Å². The van der Waals surface area contributed by atoms with Gasteiger partial charge in [0, 0.05) is 6.61 Å². The summed E-state index contributed by atoms with van der Waals surface area (Å²) < 4.78 is 21.4. The van der Waals surface area contributed by atoms with E-state index in [1.54, 1.807) is 6.92 Å². The van der Waals surface area contributed by atoms with Gasteiger partial charge >= 0.3 is 0 Å². The van der Waals surface area contributed by atoms with Gasteiger partial charge in [-0.2, -0.15) is 0 Å². The van der Waals surface area contributed by atoms with E-state index in [0.29, 0.717) is 39.6 Å². The summed E-state index contributed by atoms with van der Waals surface area (Å²) in [7, 11) is 0. The number of hydrogen-bond acceptors (Lipinski definition) is 5. The molecule has 0 aliphatic rings. The molecule has 0 fully saturated rings. The summed E-state index contributed by atoms with van der Waals surface area (Å²) in [4.78, 5) is 0. The van der Waals surface area contributed by atoms with Crippen LogP contribution in [0.25, 0.3) is 0 Å². The Morgan fingerprint density at radius 3 is 1.74 bits per heavy atom. The van der Waals surface area contributed by atoms with Crippen molar-refractivity contribution in [2.75, 3.05) is 46.2 Å². The zero-order chi connectivity index (χ0) is 14.3. The van der Waals surface area contributed by atoms with Gasteiger partial charge in [0.25, 0.3) is 0 Å². The van der Waals surface area contributed by atoms with Crippen LogP contribution in [0.2, 0.25) is 0 Å². The molecule has 0 aromatic rings. The molecule has 0 radical (unpaired) electrons. The Balaban J connectivity index is 3.03. The van der Waals surface area contributed by atoms with Gasteiger partial charge in [0.05, 0.1) is 51.8 Å². The number of unbranched alkanes of at least 4 members (excludes halogenated alkanes) is 1. The van der Waals surface area contributed by atoms with Crippen LogP contribution in [-0.4, -0.2) is 63.6 Å². The molecule has 0 saturated heterocycles. The van der Waals surface area contributed by atoms with Gasteiger partial charge in [-0.25, -0.2) is 0 Å². The van der Waals surface area contributed by atoms with E-state index in [1.165, 1.54) is 0 Å². The molecule has 1 N–H and O–H groups in total. The number of aliphatic hydroxyl groups excluding tert-OH is 1. The molecule has 0 bridgehead atoms. The smallest absolute Gasteiger partial charge is 0.0804 e. The highest BCUT2D eigenvalue weighted by Crippen LogP contribution is 1.96. The van der Waals surface area contributed by atoms with Crippen molar-refractivity contribution in [3.63, 3.8) is 0 Å². The third-order valence-electron chi connectivity index (χ3n) is 2.67. The summed E-state index contributed by atoms with van der Waals surface area (Å²) in [6.07, 6.45) is 1.66. The lowest BCUT2D eigenvalue weighted by Crippen LogP contribution is -2.24. The molecule has 0 aliphatic carbocycles.